The molecule has 0 saturated heterocycles. The summed E-state index contributed by atoms with van der Waals surface area (Å²) in [6.07, 6.45) is 1.52. The predicted molar refractivity (Wildman–Crippen MR) is 130 cm³/mol. The van der Waals surface area contributed by atoms with Gasteiger partial charge in [-0.25, -0.2) is 0 Å². The number of anilines is 1. The van der Waals surface area contributed by atoms with Gasteiger partial charge in [-0.2, -0.15) is 5.26 Å². The van der Waals surface area contributed by atoms with Crippen LogP contribution < -0.4 is 14.8 Å². The molecular formula is C25H20BrClN2O3. The molecule has 0 aliphatic rings. The summed E-state index contributed by atoms with van der Waals surface area (Å²) in [5.41, 5.74) is 2.20. The largest absolute Gasteiger partial charge is 0.494 e. The van der Waals surface area contributed by atoms with Crippen LogP contribution in [-0.4, -0.2) is 12.5 Å². The molecule has 0 unspecified atom stereocenters. The van der Waals surface area contributed by atoms with Gasteiger partial charge in [-0.1, -0.05) is 35.9 Å². The summed E-state index contributed by atoms with van der Waals surface area (Å²) < 4.78 is 12.0. The first kappa shape index (κ1) is 23.4. The number of carbonyl (C=O) groups excluding carboxylic acids is 1. The minimum absolute atomic E-state index is 0.0199. The highest BCUT2D eigenvalue weighted by atomic mass is 79.9. The summed E-state index contributed by atoms with van der Waals surface area (Å²) >= 11 is 9.39. The first-order valence-corrected chi connectivity index (χ1v) is 11.0. The third kappa shape index (κ3) is 6.61. The molecule has 0 aliphatic carbocycles. The Balaban J connectivity index is 1.69. The summed E-state index contributed by atoms with van der Waals surface area (Å²) in [5, 5.41) is 12.9. The van der Waals surface area contributed by atoms with Gasteiger partial charge in [0.25, 0.3) is 5.91 Å². The first-order valence-electron chi connectivity index (χ1n) is 9.81. The Morgan fingerprint density at radius 3 is 2.59 bits per heavy atom. The second kappa shape index (κ2) is 11.4. The quantitative estimate of drug-likeness (QED) is 0.272. The number of nitriles is 1. The molecule has 0 radical (unpaired) electrons. The molecule has 0 saturated carbocycles. The van der Waals surface area contributed by atoms with Gasteiger partial charge in [0, 0.05) is 16.8 Å². The average molecular weight is 512 g/mol. The van der Waals surface area contributed by atoms with Gasteiger partial charge < -0.3 is 14.8 Å². The van der Waals surface area contributed by atoms with Gasteiger partial charge in [-0.3, -0.25) is 4.79 Å². The lowest BCUT2D eigenvalue weighted by Crippen LogP contribution is -2.13. The molecule has 0 atom stereocenters. The fourth-order valence-electron chi connectivity index (χ4n) is 2.81. The third-order valence-electron chi connectivity index (χ3n) is 4.34. The Hall–Kier alpha value is -3.27. The van der Waals surface area contributed by atoms with Crippen molar-refractivity contribution in [2.75, 3.05) is 11.9 Å². The molecule has 1 N–H and O–H groups in total. The van der Waals surface area contributed by atoms with Crippen molar-refractivity contribution in [1.29, 1.82) is 5.26 Å². The van der Waals surface area contributed by atoms with E-state index in [1.165, 1.54) is 6.08 Å². The molecule has 3 aromatic carbocycles. The molecule has 0 spiro atoms. The summed E-state index contributed by atoms with van der Waals surface area (Å²) in [7, 11) is 0. The predicted octanol–water partition coefficient (Wildman–Crippen LogP) is 6.63. The van der Waals surface area contributed by atoms with E-state index in [1.54, 1.807) is 42.5 Å². The van der Waals surface area contributed by atoms with E-state index in [0.717, 1.165) is 5.56 Å². The maximum Gasteiger partial charge on any atom is 0.266 e. The molecule has 0 aliphatic heterocycles. The van der Waals surface area contributed by atoms with Crippen LogP contribution in [0.1, 0.15) is 18.1 Å². The van der Waals surface area contributed by atoms with Crippen molar-refractivity contribution in [3.63, 3.8) is 0 Å². The van der Waals surface area contributed by atoms with Gasteiger partial charge in [-0.15, -0.1) is 0 Å². The standard InChI is InChI=1S/C25H20BrClN2O3/c1-2-31-22-5-3-4-21(14-22)29-25(30)19(15-28)12-18-8-11-24(23(26)13-18)32-16-17-6-9-20(27)10-7-17/h3-14H,2,16H2,1H3,(H,29,30)/b19-12-. The van der Waals surface area contributed by atoms with E-state index >= 15 is 0 Å². The van der Waals surface area contributed by atoms with Crippen molar-refractivity contribution in [1.82, 2.24) is 0 Å². The zero-order valence-corrected chi connectivity index (χ0v) is 19.6. The Labute approximate surface area is 200 Å². The number of nitrogens with one attached hydrogen (secondary N) is 1. The molecule has 1 amide bonds. The van der Waals surface area contributed by atoms with Crippen LogP contribution in [0.15, 0.2) is 76.8 Å². The molecular weight excluding hydrogens is 492 g/mol. The van der Waals surface area contributed by atoms with Gasteiger partial charge >= 0.3 is 0 Å². The Morgan fingerprint density at radius 1 is 1.12 bits per heavy atom. The molecule has 5 nitrogen and oxygen atoms in total. The first-order chi connectivity index (χ1) is 15.5. The normalized spacial score (nSPS) is 10.9. The van der Waals surface area contributed by atoms with Crippen LogP contribution in [0.4, 0.5) is 5.69 Å². The summed E-state index contributed by atoms with van der Waals surface area (Å²) in [5.74, 6) is 0.791. The zero-order valence-electron chi connectivity index (χ0n) is 17.3. The summed E-state index contributed by atoms with van der Waals surface area (Å²) in [6.45, 7) is 2.79. The molecule has 162 valence electrons. The molecule has 7 heteroatoms. The average Bonchev–Trinajstić information content (AvgIpc) is 2.78. The van der Waals surface area contributed by atoms with E-state index in [1.807, 2.05) is 37.3 Å². The molecule has 0 heterocycles. The van der Waals surface area contributed by atoms with Crippen molar-refractivity contribution in [3.05, 3.63) is 92.9 Å². The Kier molecular flexibility index (Phi) is 8.32. The van der Waals surface area contributed by atoms with E-state index in [-0.39, 0.29) is 5.57 Å². The zero-order chi connectivity index (χ0) is 22.9. The van der Waals surface area contributed by atoms with E-state index in [0.29, 0.717) is 45.5 Å². The number of carbonyl (C=O) groups is 1. The van der Waals surface area contributed by atoms with E-state index in [4.69, 9.17) is 21.1 Å². The van der Waals surface area contributed by atoms with Crippen molar-refractivity contribution in [2.24, 2.45) is 0 Å². The van der Waals surface area contributed by atoms with Crippen LogP contribution in [0.25, 0.3) is 6.08 Å². The number of rotatable bonds is 8. The third-order valence-corrected chi connectivity index (χ3v) is 5.21. The van der Waals surface area contributed by atoms with Crippen molar-refractivity contribution < 1.29 is 14.3 Å². The van der Waals surface area contributed by atoms with Gasteiger partial charge in [-0.05, 0) is 76.5 Å². The topological polar surface area (TPSA) is 71.3 Å². The van der Waals surface area contributed by atoms with Crippen LogP contribution in [0.3, 0.4) is 0 Å². The van der Waals surface area contributed by atoms with Gasteiger partial charge in [0.1, 0.15) is 29.7 Å². The molecule has 32 heavy (non-hydrogen) atoms. The van der Waals surface area contributed by atoms with Crippen molar-refractivity contribution in [2.45, 2.75) is 13.5 Å². The van der Waals surface area contributed by atoms with Crippen LogP contribution in [-0.2, 0) is 11.4 Å². The van der Waals surface area contributed by atoms with Crippen molar-refractivity contribution in [3.8, 4) is 17.6 Å². The maximum atomic E-state index is 12.6. The van der Waals surface area contributed by atoms with Crippen LogP contribution in [0.5, 0.6) is 11.5 Å². The number of benzene rings is 3. The number of amides is 1. The second-order valence-electron chi connectivity index (χ2n) is 6.69. The SMILES string of the molecule is CCOc1cccc(NC(=O)/C(C#N)=C\c2ccc(OCc3ccc(Cl)cc3)c(Br)c2)c1. The van der Waals surface area contributed by atoms with Crippen molar-refractivity contribution >= 4 is 45.2 Å². The fourth-order valence-corrected chi connectivity index (χ4v) is 3.45. The molecule has 0 fully saturated rings. The summed E-state index contributed by atoms with van der Waals surface area (Å²) in [6, 6.07) is 21.7. The minimum Gasteiger partial charge on any atom is -0.494 e. The van der Waals surface area contributed by atoms with E-state index in [2.05, 4.69) is 21.2 Å². The van der Waals surface area contributed by atoms with Gasteiger partial charge in [0.05, 0.1) is 11.1 Å². The lowest BCUT2D eigenvalue weighted by molar-refractivity contribution is -0.112. The number of hydrogen-bond acceptors (Lipinski definition) is 4. The van der Waals surface area contributed by atoms with Crippen LogP contribution in [0.2, 0.25) is 5.02 Å². The second-order valence-corrected chi connectivity index (χ2v) is 7.98. The minimum atomic E-state index is -0.500. The highest BCUT2D eigenvalue weighted by Gasteiger charge is 2.11. The number of nitrogens with zero attached hydrogens (tertiary/aromatic N) is 1. The molecule has 3 rings (SSSR count). The smallest absolute Gasteiger partial charge is 0.266 e. The number of halogens is 2. The van der Waals surface area contributed by atoms with Crippen LogP contribution >= 0.6 is 27.5 Å². The molecule has 0 bridgehead atoms. The van der Waals surface area contributed by atoms with Gasteiger partial charge in [0.2, 0.25) is 0 Å². The lowest BCUT2D eigenvalue weighted by Gasteiger charge is -2.10. The van der Waals surface area contributed by atoms with E-state index < -0.39 is 5.91 Å². The monoisotopic (exact) mass is 510 g/mol. The fraction of sp³-hybridized carbons (Fsp3) is 0.120. The maximum absolute atomic E-state index is 12.6. The Morgan fingerprint density at radius 2 is 1.91 bits per heavy atom. The van der Waals surface area contributed by atoms with Gasteiger partial charge in [0.15, 0.2) is 0 Å². The van der Waals surface area contributed by atoms with E-state index in [9.17, 15) is 10.1 Å². The lowest BCUT2D eigenvalue weighted by atomic mass is 10.1. The summed E-state index contributed by atoms with van der Waals surface area (Å²) in [4.78, 5) is 12.6. The number of hydrogen-bond donors (Lipinski definition) is 1. The Bertz CT molecular complexity index is 1170. The highest BCUT2D eigenvalue weighted by Crippen LogP contribution is 2.28. The molecule has 0 aromatic heterocycles. The highest BCUT2D eigenvalue weighted by molar-refractivity contribution is 9.10. The number of ether oxygens (including phenoxy) is 2. The molecule has 3 aromatic rings. The van der Waals surface area contributed by atoms with Crippen LogP contribution in [0, 0.1) is 11.3 Å².